The second kappa shape index (κ2) is 6.48. The van der Waals surface area contributed by atoms with Crippen LogP contribution in [0.5, 0.6) is 0 Å². The third kappa shape index (κ3) is 2.99. The summed E-state index contributed by atoms with van der Waals surface area (Å²) in [5, 5.41) is 6.40. The number of nitrogens with zero attached hydrogens (tertiary/aromatic N) is 1. The van der Waals surface area contributed by atoms with Gasteiger partial charge in [-0.25, -0.2) is 0 Å². The van der Waals surface area contributed by atoms with Crippen LogP contribution < -0.4 is 10.6 Å². The SMILES string of the molecule is CN1C(=O)CCC(C(=O)NC2CCNC2)C1c1ccccc1. The molecule has 1 aromatic rings. The predicted molar refractivity (Wildman–Crippen MR) is 84.1 cm³/mol. The Bertz CT molecular complexity index is 540. The van der Waals surface area contributed by atoms with Crippen LogP contribution in [0.3, 0.4) is 0 Å². The van der Waals surface area contributed by atoms with Gasteiger partial charge in [-0.1, -0.05) is 30.3 Å². The van der Waals surface area contributed by atoms with Gasteiger partial charge >= 0.3 is 0 Å². The maximum absolute atomic E-state index is 12.7. The van der Waals surface area contributed by atoms with Crippen molar-refractivity contribution in [1.29, 1.82) is 0 Å². The van der Waals surface area contributed by atoms with Gasteiger partial charge in [-0.05, 0) is 24.9 Å². The number of hydrogen-bond acceptors (Lipinski definition) is 3. The first-order valence-corrected chi connectivity index (χ1v) is 7.98. The van der Waals surface area contributed by atoms with E-state index in [4.69, 9.17) is 0 Å². The number of benzene rings is 1. The minimum absolute atomic E-state index is 0.0712. The highest BCUT2D eigenvalue weighted by molar-refractivity contribution is 5.85. The van der Waals surface area contributed by atoms with E-state index < -0.39 is 0 Å². The Kier molecular flexibility index (Phi) is 4.43. The van der Waals surface area contributed by atoms with E-state index in [1.165, 1.54) is 0 Å². The molecular weight excluding hydrogens is 278 g/mol. The molecule has 3 rings (SSSR count). The molecule has 2 amide bonds. The Balaban J connectivity index is 1.80. The van der Waals surface area contributed by atoms with Crippen LogP contribution in [0.15, 0.2) is 30.3 Å². The van der Waals surface area contributed by atoms with Crippen LogP contribution in [-0.2, 0) is 9.59 Å². The molecule has 22 heavy (non-hydrogen) atoms. The van der Waals surface area contributed by atoms with Crippen LogP contribution in [0.4, 0.5) is 0 Å². The number of carbonyl (C=O) groups excluding carboxylic acids is 2. The Labute approximate surface area is 131 Å². The fraction of sp³-hybridized carbons (Fsp3) is 0.529. The minimum Gasteiger partial charge on any atom is -0.352 e. The van der Waals surface area contributed by atoms with Crippen LogP contribution >= 0.6 is 0 Å². The molecule has 2 N–H and O–H groups in total. The van der Waals surface area contributed by atoms with E-state index in [9.17, 15) is 9.59 Å². The van der Waals surface area contributed by atoms with Crippen LogP contribution in [0.25, 0.3) is 0 Å². The molecule has 2 fully saturated rings. The van der Waals surface area contributed by atoms with Crippen molar-refractivity contribution in [2.45, 2.75) is 31.3 Å². The predicted octanol–water partition coefficient (Wildman–Crippen LogP) is 1.07. The molecule has 5 heteroatoms. The Morgan fingerprint density at radius 3 is 2.73 bits per heavy atom. The maximum atomic E-state index is 12.7. The largest absolute Gasteiger partial charge is 0.352 e. The highest BCUT2D eigenvalue weighted by Gasteiger charge is 2.39. The zero-order chi connectivity index (χ0) is 15.5. The van der Waals surface area contributed by atoms with Crippen molar-refractivity contribution in [2.24, 2.45) is 5.92 Å². The van der Waals surface area contributed by atoms with Crippen molar-refractivity contribution >= 4 is 11.8 Å². The van der Waals surface area contributed by atoms with Gasteiger partial charge in [-0.2, -0.15) is 0 Å². The van der Waals surface area contributed by atoms with Gasteiger partial charge < -0.3 is 15.5 Å². The monoisotopic (exact) mass is 301 g/mol. The molecule has 0 spiro atoms. The zero-order valence-corrected chi connectivity index (χ0v) is 12.9. The van der Waals surface area contributed by atoms with E-state index in [1.807, 2.05) is 30.3 Å². The average molecular weight is 301 g/mol. The summed E-state index contributed by atoms with van der Waals surface area (Å²) >= 11 is 0. The first-order chi connectivity index (χ1) is 10.7. The number of amides is 2. The summed E-state index contributed by atoms with van der Waals surface area (Å²) in [4.78, 5) is 26.5. The lowest BCUT2D eigenvalue weighted by atomic mass is 9.84. The third-order valence-corrected chi connectivity index (χ3v) is 4.75. The zero-order valence-electron chi connectivity index (χ0n) is 12.9. The number of hydrogen-bond donors (Lipinski definition) is 2. The summed E-state index contributed by atoms with van der Waals surface area (Å²) in [5.74, 6) is 0.00744. The van der Waals surface area contributed by atoms with E-state index in [-0.39, 0.29) is 29.8 Å². The molecule has 2 saturated heterocycles. The van der Waals surface area contributed by atoms with Crippen LogP contribution in [0.2, 0.25) is 0 Å². The topological polar surface area (TPSA) is 61.4 Å². The molecule has 5 nitrogen and oxygen atoms in total. The van der Waals surface area contributed by atoms with Gasteiger partial charge in [-0.15, -0.1) is 0 Å². The summed E-state index contributed by atoms with van der Waals surface area (Å²) < 4.78 is 0. The maximum Gasteiger partial charge on any atom is 0.225 e. The van der Waals surface area contributed by atoms with E-state index in [1.54, 1.807) is 11.9 Å². The summed E-state index contributed by atoms with van der Waals surface area (Å²) in [5.41, 5.74) is 1.03. The second-order valence-electron chi connectivity index (χ2n) is 6.20. The standard InChI is InChI=1S/C17H23N3O2/c1-20-15(21)8-7-14(16(20)12-5-3-2-4-6-12)17(22)19-13-9-10-18-11-13/h2-6,13-14,16,18H,7-11H2,1H3,(H,19,22). The van der Waals surface area contributed by atoms with Gasteiger partial charge in [0.1, 0.15) is 0 Å². The lowest BCUT2D eigenvalue weighted by Crippen LogP contribution is -2.48. The molecule has 0 radical (unpaired) electrons. The van der Waals surface area contributed by atoms with Crippen LogP contribution in [0.1, 0.15) is 30.9 Å². The molecule has 0 aliphatic carbocycles. The summed E-state index contributed by atoms with van der Waals surface area (Å²) in [6, 6.07) is 9.90. The van der Waals surface area contributed by atoms with E-state index in [2.05, 4.69) is 10.6 Å². The highest BCUT2D eigenvalue weighted by atomic mass is 16.2. The van der Waals surface area contributed by atoms with Gasteiger partial charge in [0, 0.05) is 26.1 Å². The third-order valence-electron chi connectivity index (χ3n) is 4.75. The molecule has 0 bridgehead atoms. The molecule has 1 aromatic carbocycles. The lowest BCUT2D eigenvalue weighted by molar-refractivity contribution is -0.141. The number of rotatable bonds is 3. The van der Waals surface area contributed by atoms with Gasteiger partial charge in [0.2, 0.25) is 11.8 Å². The molecule has 3 unspecified atom stereocenters. The van der Waals surface area contributed by atoms with Gasteiger partial charge in [0.15, 0.2) is 0 Å². The average Bonchev–Trinajstić information content (AvgIpc) is 3.03. The van der Waals surface area contributed by atoms with Gasteiger partial charge in [0.25, 0.3) is 0 Å². The molecule has 0 aromatic heterocycles. The first-order valence-electron chi connectivity index (χ1n) is 7.98. The van der Waals surface area contributed by atoms with Gasteiger partial charge in [-0.3, -0.25) is 9.59 Å². The fourth-order valence-corrected chi connectivity index (χ4v) is 3.50. The van der Waals surface area contributed by atoms with Crippen molar-refractivity contribution in [1.82, 2.24) is 15.5 Å². The number of nitrogens with one attached hydrogen (secondary N) is 2. The van der Waals surface area contributed by atoms with E-state index in [0.717, 1.165) is 25.1 Å². The lowest BCUT2D eigenvalue weighted by Gasteiger charge is -2.39. The number of likely N-dealkylation sites (tertiary alicyclic amines) is 1. The van der Waals surface area contributed by atoms with E-state index >= 15 is 0 Å². The van der Waals surface area contributed by atoms with Gasteiger partial charge in [0.05, 0.1) is 12.0 Å². The summed E-state index contributed by atoms with van der Waals surface area (Å²) in [6.45, 7) is 1.79. The minimum atomic E-state index is -0.175. The molecule has 0 saturated carbocycles. The smallest absolute Gasteiger partial charge is 0.225 e. The molecule has 3 atom stereocenters. The number of carbonyl (C=O) groups is 2. The van der Waals surface area contributed by atoms with E-state index in [0.29, 0.717) is 12.8 Å². The molecule has 118 valence electrons. The molecule has 2 heterocycles. The summed E-state index contributed by atoms with van der Waals surface area (Å²) in [6.07, 6.45) is 2.04. The van der Waals surface area contributed by atoms with Crippen molar-refractivity contribution in [3.05, 3.63) is 35.9 Å². The summed E-state index contributed by atoms with van der Waals surface area (Å²) in [7, 11) is 1.80. The number of piperidine rings is 1. The van der Waals surface area contributed by atoms with Crippen molar-refractivity contribution < 1.29 is 9.59 Å². The molecule has 2 aliphatic rings. The Hall–Kier alpha value is -1.88. The molecular formula is C17H23N3O2. The Morgan fingerprint density at radius 1 is 1.27 bits per heavy atom. The van der Waals surface area contributed by atoms with Crippen LogP contribution in [-0.4, -0.2) is 42.9 Å². The van der Waals surface area contributed by atoms with Crippen molar-refractivity contribution in [3.8, 4) is 0 Å². The quantitative estimate of drug-likeness (QED) is 0.878. The fourth-order valence-electron chi connectivity index (χ4n) is 3.50. The highest BCUT2D eigenvalue weighted by Crippen LogP contribution is 2.35. The van der Waals surface area contributed by atoms with Crippen molar-refractivity contribution in [2.75, 3.05) is 20.1 Å². The normalized spacial score (nSPS) is 28.7. The molecule has 2 aliphatic heterocycles. The van der Waals surface area contributed by atoms with Crippen molar-refractivity contribution in [3.63, 3.8) is 0 Å². The second-order valence-corrected chi connectivity index (χ2v) is 6.20. The Morgan fingerprint density at radius 2 is 2.05 bits per heavy atom. The first kappa shape index (κ1) is 15.0. The van der Waals surface area contributed by atoms with Crippen LogP contribution in [0, 0.1) is 5.92 Å².